The zero-order chi connectivity index (χ0) is 24.5. The van der Waals surface area contributed by atoms with Crippen molar-refractivity contribution in [2.24, 2.45) is 11.7 Å². The quantitative estimate of drug-likeness (QED) is 0.367. The van der Waals surface area contributed by atoms with Gasteiger partial charge in [-0.05, 0) is 87.4 Å². The van der Waals surface area contributed by atoms with E-state index in [1.165, 1.54) is 44.9 Å². The van der Waals surface area contributed by atoms with Gasteiger partial charge in [-0.25, -0.2) is 0 Å². The number of hydrogen-bond acceptors (Lipinski definition) is 3. The molecule has 1 saturated heterocycles. The Morgan fingerprint density at radius 3 is 2.37 bits per heavy atom. The summed E-state index contributed by atoms with van der Waals surface area (Å²) >= 11 is 0. The van der Waals surface area contributed by atoms with Crippen molar-refractivity contribution in [2.75, 3.05) is 0 Å². The highest BCUT2D eigenvalue weighted by molar-refractivity contribution is 5.96. The van der Waals surface area contributed by atoms with Gasteiger partial charge in [0.25, 0.3) is 5.56 Å². The van der Waals surface area contributed by atoms with E-state index in [2.05, 4.69) is 30.9 Å². The van der Waals surface area contributed by atoms with E-state index in [-0.39, 0.29) is 11.4 Å². The standard InChI is InChI=1S/C30H38N4O/c1-20-7-5-8-21(2)34(20)26-15-13-22(14-16-26)19-33-28-12-4-3-9-24(28)18-27(30(33)35)23-10-6-11-25(17-23)29(31)32/h3-4,6,9-12,17-18,20-22,26H,5,7-8,13-16,19H2,1-2H3,(H3,31,32)/t20-,21+,22?,26?. The zero-order valence-corrected chi connectivity index (χ0v) is 21.0. The van der Waals surface area contributed by atoms with E-state index in [0.717, 1.165) is 23.0 Å². The Morgan fingerprint density at radius 2 is 1.66 bits per heavy atom. The van der Waals surface area contributed by atoms with Crippen LogP contribution < -0.4 is 11.3 Å². The van der Waals surface area contributed by atoms with Crippen molar-refractivity contribution in [3.05, 3.63) is 70.5 Å². The number of piperidine rings is 1. The first kappa shape index (κ1) is 23.8. The lowest BCUT2D eigenvalue weighted by molar-refractivity contribution is 0.0284. The van der Waals surface area contributed by atoms with Crippen molar-refractivity contribution in [1.82, 2.24) is 9.47 Å². The van der Waals surface area contributed by atoms with Crippen LogP contribution in [-0.4, -0.2) is 33.4 Å². The van der Waals surface area contributed by atoms with Crippen LogP contribution in [0.4, 0.5) is 0 Å². The van der Waals surface area contributed by atoms with Crippen molar-refractivity contribution in [2.45, 2.75) is 83.5 Å². The molecule has 2 aliphatic rings. The second-order valence-corrected chi connectivity index (χ2v) is 10.8. The SMILES string of the molecule is C[C@@H]1CCC[C@H](C)N1C1CCC(Cn2c(=O)c(-c3cccc(C(=N)N)c3)cc3ccccc32)CC1. The first-order valence-electron chi connectivity index (χ1n) is 13.3. The third-order valence-corrected chi connectivity index (χ3v) is 8.43. The molecular weight excluding hydrogens is 432 g/mol. The first-order chi connectivity index (χ1) is 16.9. The molecule has 1 aromatic heterocycles. The van der Waals surface area contributed by atoms with Gasteiger partial charge >= 0.3 is 0 Å². The molecule has 0 spiro atoms. The minimum Gasteiger partial charge on any atom is -0.384 e. The normalized spacial score (nSPS) is 25.5. The minimum atomic E-state index is 0.0158. The number of fused-ring (bicyclic) bond motifs is 1. The van der Waals surface area contributed by atoms with Gasteiger partial charge in [0.05, 0.1) is 5.52 Å². The third-order valence-electron chi connectivity index (χ3n) is 8.43. The molecule has 35 heavy (non-hydrogen) atoms. The summed E-state index contributed by atoms with van der Waals surface area (Å²) in [5.74, 6) is 0.531. The summed E-state index contributed by atoms with van der Waals surface area (Å²) in [5, 5.41) is 8.87. The fourth-order valence-corrected chi connectivity index (χ4v) is 6.61. The molecule has 2 heterocycles. The molecule has 2 fully saturated rings. The topological polar surface area (TPSA) is 75.1 Å². The van der Waals surface area contributed by atoms with Crippen molar-refractivity contribution >= 4 is 16.7 Å². The fraction of sp³-hybridized carbons (Fsp3) is 0.467. The largest absolute Gasteiger partial charge is 0.384 e. The molecule has 5 rings (SSSR count). The Morgan fingerprint density at radius 1 is 0.943 bits per heavy atom. The molecule has 2 aromatic carbocycles. The smallest absolute Gasteiger partial charge is 0.258 e. The number of nitrogen functional groups attached to an aromatic ring is 1. The molecule has 0 unspecified atom stereocenters. The molecule has 1 saturated carbocycles. The van der Waals surface area contributed by atoms with E-state index in [1.54, 1.807) is 0 Å². The Hall–Kier alpha value is -2.92. The number of nitrogens with two attached hydrogens (primary N) is 1. The average Bonchev–Trinajstić information content (AvgIpc) is 2.86. The number of rotatable bonds is 5. The van der Waals surface area contributed by atoms with Gasteiger partial charge in [0.1, 0.15) is 5.84 Å². The van der Waals surface area contributed by atoms with E-state index >= 15 is 0 Å². The van der Waals surface area contributed by atoms with Gasteiger partial charge in [0.15, 0.2) is 0 Å². The monoisotopic (exact) mass is 470 g/mol. The molecule has 0 bridgehead atoms. The van der Waals surface area contributed by atoms with Gasteiger partial charge in [0, 0.05) is 35.8 Å². The Balaban J connectivity index is 1.42. The summed E-state index contributed by atoms with van der Waals surface area (Å²) in [4.78, 5) is 16.6. The summed E-state index contributed by atoms with van der Waals surface area (Å²) in [6.45, 7) is 5.57. The summed E-state index contributed by atoms with van der Waals surface area (Å²) in [7, 11) is 0. The van der Waals surface area contributed by atoms with Crippen LogP contribution >= 0.6 is 0 Å². The summed E-state index contributed by atoms with van der Waals surface area (Å²) in [6.07, 6.45) is 8.80. The highest BCUT2D eigenvalue weighted by Crippen LogP contribution is 2.35. The molecule has 184 valence electrons. The molecule has 1 aliphatic heterocycles. The van der Waals surface area contributed by atoms with Gasteiger partial charge < -0.3 is 10.3 Å². The van der Waals surface area contributed by atoms with Crippen LogP contribution in [0.1, 0.15) is 64.4 Å². The number of para-hydroxylation sites is 1. The van der Waals surface area contributed by atoms with E-state index in [0.29, 0.717) is 35.2 Å². The van der Waals surface area contributed by atoms with Crippen LogP contribution in [0.15, 0.2) is 59.4 Å². The second-order valence-electron chi connectivity index (χ2n) is 10.8. The predicted molar refractivity (Wildman–Crippen MR) is 145 cm³/mol. The fourth-order valence-electron chi connectivity index (χ4n) is 6.61. The number of hydrogen-bond donors (Lipinski definition) is 2. The lowest BCUT2D eigenvalue weighted by Gasteiger charge is -2.46. The van der Waals surface area contributed by atoms with Crippen LogP contribution in [0.2, 0.25) is 0 Å². The molecule has 5 heteroatoms. The van der Waals surface area contributed by atoms with Crippen molar-refractivity contribution in [1.29, 1.82) is 5.41 Å². The van der Waals surface area contributed by atoms with E-state index in [1.807, 2.05) is 47.0 Å². The number of likely N-dealkylation sites (tertiary alicyclic amines) is 1. The Labute approximate surface area is 208 Å². The van der Waals surface area contributed by atoms with Gasteiger partial charge in [-0.15, -0.1) is 0 Å². The number of amidine groups is 1. The van der Waals surface area contributed by atoms with Crippen LogP contribution in [0.5, 0.6) is 0 Å². The lowest BCUT2D eigenvalue weighted by atomic mass is 9.82. The Kier molecular flexibility index (Phi) is 6.79. The molecule has 1 aliphatic carbocycles. The number of nitrogens with zero attached hydrogens (tertiary/aromatic N) is 2. The lowest BCUT2D eigenvalue weighted by Crippen LogP contribution is -2.51. The van der Waals surface area contributed by atoms with Crippen molar-refractivity contribution in [3.8, 4) is 11.1 Å². The van der Waals surface area contributed by atoms with E-state index in [4.69, 9.17) is 11.1 Å². The molecule has 5 nitrogen and oxygen atoms in total. The second kappa shape index (κ2) is 9.98. The van der Waals surface area contributed by atoms with Crippen LogP contribution in [0, 0.1) is 11.3 Å². The first-order valence-corrected chi connectivity index (χ1v) is 13.3. The minimum absolute atomic E-state index is 0.0158. The van der Waals surface area contributed by atoms with Crippen molar-refractivity contribution in [3.63, 3.8) is 0 Å². The molecular formula is C30H38N4O. The van der Waals surface area contributed by atoms with Crippen LogP contribution in [0.25, 0.3) is 22.0 Å². The van der Waals surface area contributed by atoms with Gasteiger partial charge in [0.2, 0.25) is 0 Å². The maximum absolute atomic E-state index is 13.8. The van der Waals surface area contributed by atoms with Gasteiger partial charge in [-0.3, -0.25) is 15.1 Å². The van der Waals surface area contributed by atoms with Gasteiger partial charge in [-0.2, -0.15) is 0 Å². The summed E-state index contributed by atoms with van der Waals surface area (Å²) in [6, 6.07) is 19.7. The molecule has 2 atom stereocenters. The van der Waals surface area contributed by atoms with Crippen LogP contribution in [-0.2, 0) is 6.54 Å². The highest BCUT2D eigenvalue weighted by Gasteiger charge is 2.33. The maximum Gasteiger partial charge on any atom is 0.258 e. The number of benzene rings is 2. The van der Waals surface area contributed by atoms with Gasteiger partial charge in [-0.1, -0.05) is 42.8 Å². The van der Waals surface area contributed by atoms with E-state index < -0.39 is 0 Å². The average molecular weight is 471 g/mol. The number of pyridine rings is 1. The van der Waals surface area contributed by atoms with Crippen LogP contribution in [0.3, 0.4) is 0 Å². The summed E-state index contributed by atoms with van der Waals surface area (Å²) in [5.41, 5.74) is 8.91. The predicted octanol–water partition coefficient (Wildman–Crippen LogP) is 5.77. The number of nitrogens with one attached hydrogen (secondary N) is 1. The molecule has 0 amide bonds. The highest BCUT2D eigenvalue weighted by atomic mass is 16.1. The molecule has 3 aromatic rings. The Bertz CT molecular complexity index is 1260. The third kappa shape index (κ3) is 4.79. The molecule has 3 N–H and O–H groups in total. The van der Waals surface area contributed by atoms with E-state index in [9.17, 15) is 4.79 Å². The molecule has 0 radical (unpaired) electrons. The summed E-state index contributed by atoms with van der Waals surface area (Å²) < 4.78 is 2.00. The van der Waals surface area contributed by atoms with Crippen molar-refractivity contribution < 1.29 is 0 Å². The maximum atomic E-state index is 13.8. The number of aromatic nitrogens is 1. The zero-order valence-electron chi connectivity index (χ0n) is 21.0.